The molecule has 0 heterocycles. The Balaban J connectivity index is 2.02. The van der Waals surface area contributed by atoms with Gasteiger partial charge in [-0.25, -0.2) is 0 Å². The number of anilines is 2. The molecule has 3 N–H and O–H groups in total. The van der Waals surface area contributed by atoms with Crippen LogP contribution in [-0.2, 0) is 6.42 Å². The fourth-order valence-electron chi connectivity index (χ4n) is 1.97. The maximum absolute atomic E-state index is 6.12. The van der Waals surface area contributed by atoms with E-state index in [9.17, 15) is 0 Å². The Kier molecular flexibility index (Phi) is 4.56. The van der Waals surface area contributed by atoms with Gasteiger partial charge in [0.1, 0.15) is 0 Å². The number of nitrogens with one attached hydrogen (secondary N) is 1. The van der Waals surface area contributed by atoms with Crippen LogP contribution in [0.15, 0.2) is 36.4 Å². The van der Waals surface area contributed by atoms with Crippen molar-refractivity contribution in [1.29, 1.82) is 0 Å². The molecule has 0 radical (unpaired) electrons. The van der Waals surface area contributed by atoms with Crippen LogP contribution in [0.25, 0.3) is 0 Å². The second-order valence-electron chi connectivity index (χ2n) is 4.46. The lowest BCUT2D eigenvalue weighted by Gasteiger charge is -2.12. The van der Waals surface area contributed by atoms with Crippen molar-refractivity contribution in [3.8, 4) is 0 Å². The van der Waals surface area contributed by atoms with Gasteiger partial charge in [0.2, 0.25) is 0 Å². The molecule has 0 aliphatic rings. The summed E-state index contributed by atoms with van der Waals surface area (Å²) >= 11 is 12.2. The van der Waals surface area contributed by atoms with Gasteiger partial charge in [-0.2, -0.15) is 0 Å². The van der Waals surface area contributed by atoms with E-state index in [1.807, 2.05) is 12.1 Å². The Morgan fingerprint density at radius 3 is 2.37 bits per heavy atom. The van der Waals surface area contributed by atoms with E-state index in [2.05, 4.69) is 24.4 Å². The Labute approximate surface area is 123 Å². The summed E-state index contributed by atoms with van der Waals surface area (Å²) in [5.41, 5.74) is 9.59. The van der Waals surface area contributed by atoms with Crippen LogP contribution in [0.5, 0.6) is 0 Å². The lowest BCUT2D eigenvalue weighted by Crippen LogP contribution is -2.07. The van der Waals surface area contributed by atoms with Gasteiger partial charge in [-0.3, -0.25) is 0 Å². The highest BCUT2D eigenvalue weighted by molar-refractivity contribution is 6.39. The van der Waals surface area contributed by atoms with E-state index in [0.717, 1.165) is 18.7 Å². The van der Waals surface area contributed by atoms with Crippen molar-refractivity contribution < 1.29 is 0 Å². The van der Waals surface area contributed by atoms with Crippen LogP contribution in [0.4, 0.5) is 11.4 Å². The molecule has 0 bridgehead atoms. The Morgan fingerprint density at radius 2 is 1.74 bits per heavy atom. The third-order valence-electron chi connectivity index (χ3n) is 3.02. The SMILES string of the molecule is Cc1ccccc1CCNc1c(Cl)cc(N)cc1Cl. The standard InChI is InChI=1S/C15H16Cl2N2/c1-10-4-2-3-5-11(10)6-7-19-15-13(16)8-12(18)9-14(15)17/h2-5,8-9,19H,6-7,18H2,1H3. The van der Waals surface area contributed by atoms with E-state index < -0.39 is 0 Å². The summed E-state index contributed by atoms with van der Waals surface area (Å²) in [6.45, 7) is 2.88. The number of aryl methyl sites for hydroxylation is 1. The van der Waals surface area contributed by atoms with Gasteiger partial charge in [0.25, 0.3) is 0 Å². The second-order valence-corrected chi connectivity index (χ2v) is 5.28. The molecule has 2 aromatic carbocycles. The molecule has 100 valence electrons. The van der Waals surface area contributed by atoms with E-state index >= 15 is 0 Å². The van der Waals surface area contributed by atoms with Crippen LogP contribution >= 0.6 is 23.2 Å². The van der Waals surface area contributed by atoms with Crippen LogP contribution in [0, 0.1) is 6.92 Å². The first-order valence-corrected chi connectivity index (χ1v) is 6.86. The van der Waals surface area contributed by atoms with Crippen molar-refractivity contribution in [3.05, 3.63) is 57.6 Å². The first-order valence-electron chi connectivity index (χ1n) is 6.11. The minimum Gasteiger partial charge on any atom is -0.399 e. The van der Waals surface area contributed by atoms with E-state index in [1.165, 1.54) is 11.1 Å². The van der Waals surface area contributed by atoms with Crippen LogP contribution < -0.4 is 11.1 Å². The molecule has 2 aromatic rings. The third-order valence-corrected chi connectivity index (χ3v) is 3.62. The molecule has 19 heavy (non-hydrogen) atoms. The van der Waals surface area contributed by atoms with Crippen molar-refractivity contribution in [2.45, 2.75) is 13.3 Å². The zero-order valence-corrected chi connectivity index (χ0v) is 12.2. The van der Waals surface area contributed by atoms with Gasteiger partial charge in [-0.05, 0) is 36.6 Å². The number of hydrogen-bond acceptors (Lipinski definition) is 2. The first kappa shape index (κ1) is 14.0. The van der Waals surface area contributed by atoms with E-state index in [1.54, 1.807) is 12.1 Å². The van der Waals surface area contributed by atoms with Gasteiger partial charge in [-0.1, -0.05) is 47.5 Å². The van der Waals surface area contributed by atoms with Gasteiger partial charge >= 0.3 is 0 Å². The van der Waals surface area contributed by atoms with Gasteiger partial charge in [-0.15, -0.1) is 0 Å². The molecule has 0 saturated heterocycles. The second kappa shape index (κ2) is 6.18. The van der Waals surface area contributed by atoms with Crippen LogP contribution in [0.2, 0.25) is 10.0 Å². The lowest BCUT2D eigenvalue weighted by molar-refractivity contribution is 1.01. The monoisotopic (exact) mass is 294 g/mol. The highest BCUT2D eigenvalue weighted by Crippen LogP contribution is 2.32. The molecule has 4 heteroatoms. The molecule has 0 aliphatic carbocycles. The number of rotatable bonds is 4. The smallest absolute Gasteiger partial charge is 0.0720 e. The largest absolute Gasteiger partial charge is 0.399 e. The maximum Gasteiger partial charge on any atom is 0.0720 e. The van der Waals surface area contributed by atoms with Crippen LogP contribution in [-0.4, -0.2) is 6.54 Å². The summed E-state index contributed by atoms with van der Waals surface area (Å²) < 4.78 is 0. The highest BCUT2D eigenvalue weighted by Gasteiger charge is 2.07. The highest BCUT2D eigenvalue weighted by atomic mass is 35.5. The zero-order valence-electron chi connectivity index (χ0n) is 10.7. The Morgan fingerprint density at radius 1 is 1.11 bits per heavy atom. The number of nitrogen functional groups attached to an aromatic ring is 1. The van der Waals surface area contributed by atoms with Crippen molar-refractivity contribution in [3.63, 3.8) is 0 Å². The molecule has 0 unspecified atom stereocenters. The average molecular weight is 295 g/mol. The molecule has 2 rings (SSSR count). The Hall–Kier alpha value is -1.38. The molecule has 0 atom stereocenters. The quantitative estimate of drug-likeness (QED) is 0.813. The number of hydrogen-bond donors (Lipinski definition) is 2. The molecule has 2 nitrogen and oxygen atoms in total. The summed E-state index contributed by atoms with van der Waals surface area (Å²) in [7, 11) is 0. The number of halogens is 2. The summed E-state index contributed by atoms with van der Waals surface area (Å²) in [4.78, 5) is 0. The van der Waals surface area contributed by atoms with Gasteiger partial charge in [0, 0.05) is 12.2 Å². The maximum atomic E-state index is 6.12. The number of benzene rings is 2. The minimum atomic E-state index is 0.551. The van der Waals surface area contributed by atoms with Gasteiger partial charge < -0.3 is 11.1 Å². The predicted molar refractivity (Wildman–Crippen MR) is 84.2 cm³/mol. The van der Waals surface area contributed by atoms with E-state index in [0.29, 0.717) is 15.7 Å². The molecule has 0 saturated carbocycles. The molecular formula is C15H16Cl2N2. The Bertz CT molecular complexity index is 559. The fraction of sp³-hybridized carbons (Fsp3) is 0.200. The van der Waals surface area contributed by atoms with Crippen LogP contribution in [0.1, 0.15) is 11.1 Å². The summed E-state index contributed by atoms with van der Waals surface area (Å²) in [6, 6.07) is 11.7. The fourth-order valence-corrected chi connectivity index (χ4v) is 2.61. The number of nitrogens with two attached hydrogens (primary N) is 1. The zero-order chi connectivity index (χ0) is 13.8. The first-order chi connectivity index (χ1) is 9.08. The topological polar surface area (TPSA) is 38.0 Å². The molecule has 0 aromatic heterocycles. The van der Waals surface area contributed by atoms with Crippen molar-refractivity contribution in [1.82, 2.24) is 0 Å². The van der Waals surface area contributed by atoms with Crippen LogP contribution in [0.3, 0.4) is 0 Å². The third kappa shape index (κ3) is 3.55. The predicted octanol–water partition coefficient (Wildman–Crippen LogP) is 4.54. The summed E-state index contributed by atoms with van der Waals surface area (Å²) in [6.07, 6.45) is 0.920. The van der Waals surface area contributed by atoms with E-state index in [-0.39, 0.29) is 0 Å². The van der Waals surface area contributed by atoms with Crippen molar-refractivity contribution in [2.24, 2.45) is 0 Å². The van der Waals surface area contributed by atoms with Crippen molar-refractivity contribution >= 4 is 34.6 Å². The average Bonchev–Trinajstić information content (AvgIpc) is 2.34. The van der Waals surface area contributed by atoms with Gasteiger partial charge in [0.05, 0.1) is 15.7 Å². The van der Waals surface area contributed by atoms with Gasteiger partial charge in [0.15, 0.2) is 0 Å². The normalized spacial score (nSPS) is 10.5. The molecule has 0 amide bonds. The summed E-state index contributed by atoms with van der Waals surface area (Å²) in [5.74, 6) is 0. The lowest BCUT2D eigenvalue weighted by atomic mass is 10.1. The molecular weight excluding hydrogens is 279 g/mol. The molecule has 0 fully saturated rings. The van der Waals surface area contributed by atoms with Crippen molar-refractivity contribution in [2.75, 3.05) is 17.6 Å². The van der Waals surface area contributed by atoms with E-state index in [4.69, 9.17) is 28.9 Å². The minimum absolute atomic E-state index is 0.551. The summed E-state index contributed by atoms with van der Waals surface area (Å²) in [5, 5.41) is 4.37. The molecule has 0 aliphatic heterocycles. The molecule has 0 spiro atoms.